The minimum Gasteiger partial charge on any atom is -0.480 e. The number of nitrogens with one attached hydrogen (secondary N) is 1. The van der Waals surface area contributed by atoms with Crippen molar-refractivity contribution in [1.82, 2.24) is 25.2 Å². The van der Waals surface area contributed by atoms with Gasteiger partial charge in [0.15, 0.2) is 0 Å². The summed E-state index contributed by atoms with van der Waals surface area (Å²) in [6.45, 7) is -2.12. The fourth-order valence-electron chi connectivity index (χ4n) is 2.27. The Kier molecular flexibility index (Phi) is 5.04. The Balaban J connectivity index is 1.84. The topological polar surface area (TPSA) is 117 Å². The molecule has 1 aliphatic rings. The number of carboxylic acid groups (broad SMARTS) is 1. The average molecular weight is 349 g/mol. The lowest BCUT2D eigenvalue weighted by Gasteiger charge is -2.18. The van der Waals surface area contributed by atoms with Gasteiger partial charge in [-0.15, -0.1) is 5.10 Å². The molecule has 2 heterocycles. The van der Waals surface area contributed by atoms with Crippen molar-refractivity contribution < 1.29 is 32.7 Å². The van der Waals surface area contributed by atoms with Crippen LogP contribution in [0.2, 0.25) is 0 Å². The number of amides is 2. The SMILES string of the molecule is O=C(O)Cn1cc(CNC(=O)C2CC(=O)N(CC(F)(F)F)C2)nn1. The molecule has 0 spiro atoms. The second-order valence-corrected chi connectivity index (χ2v) is 5.31. The zero-order valence-corrected chi connectivity index (χ0v) is 12.3. The van der Waals surface area contributed by atoms with Crippen LogP contribution in [0.5, 0.6) is 0 Å². The van der Waals surface area contributed by atoms with Gasteiger partial charge in [-0.05, 0) is 0 Å². The number of hydrogen-bond donors (Lipinski definition) is 2. The standard InChI is InChI=1S/C12H14F3N5O4/c13-12(14,15)6-19-3-7(1-9(19)21)11(24)16-2-8-4-20(18-17-8)5-10(22)23/h4,7H,1-3,5-6H2,(H,16,24)(H,22,23). The summed E-state index contributed by atoms with van der Waals surface area (Å²) in [7, 11) is 0. The summed E-state index contributed by atoms with van der Waals surface area (Å²) in [6.07, 6.45) is -3.47. The van der Waals surface area contributed by atoms with Crippen molar-refractivity contribution in [2.75, 3.05) is 13.1 Å². The number of likely N-dealkylation sites (tertiary alicyclic amines) is 1. The highest BCUT2D eigenvalue weighted by Crippen LogP contribution is 2.23. The third-order valence-corrected chi connectivity index (χ3v) is 3.28. The molecule has 0 aliphatic carbocycles. The molecular weight excluding hydrogens is 335 g/mol. The minimum absolute atomic E-state index is 0.0670. The fraction of sp³-hybridized carbons (Fsp3) is 0.583. The predicted molar refractivity (Wildman–Crippen MR) is 70.2 cm³/mol. The highest BCUT2D eigenvalue weighted by atomic mass is 19.4. The predicted octanol–water partition coefficient (Wildman–Crippen LogP) is -0.610. The first kappa shape index (κ1) is 17.7. The summed E-state index contributed by atoms with van der Waals surface area (Å²) in [4.78, 5) is 34.6. The highest BCUT2D eigenvalue weighted by Gasteiger charge is 2.40. The first-order valence-corrected chi connectivity index (χ1v) is 6.87. The maximum Gasteiger partial charge on any atom is 0.406 e. The quantitative estimate of drug-likeness (QED) is 0.707. The van der Waals surface area contributed by atoms with Gasteiger partial charge in [0.05, 0.1) is 18.7 Å². The molecule has 1 unspecified atom stereocenters. The van der Waals surface area contributed by atoms with Crippen LogP contribution in [0.4, 0.5) is 13.2 Å². The summed E-state index contributed by atoms with van der Waals surface area (Å²) < 4.78 is 38.0. The van der Waals surface area contributed by atoms with Crippen LogP contribution in [-0.4, -0.2) is 62.0 Å². The molecule has 1 aromatic rings. The summed E-state index contributed by atoms with van der Waals surface area (Å²) in [6, 6.07) is 0. The number of nitrogens with zero attached hydrogens (tertiary/aromatic N) is 4. The summed E-state index contributed by atoms with van der Waals surface area (Å²) in [5, 5.41) is 18.2. The van der Waals surface area contributed by atoms with Crippen molar-refractivity contribution in [1.29, 1.82) is 0 Å². The molecule has 1 saturated heterocycles. The van der Waals surface area contributed by atoms with Gasteiger partial charge in [0.25, 0.3) is 0 Å². The molecule has 2 N–H and O–H groups in total. The van der Waals surface area contributed by atoms with E-state index in [9.17, 15) is 27.6 Å². The van der Waals surface area contributed by atoms with Crippen LogP contribution in [0.25, 0.3) is 0 Å². The molecule has 132 valence electrons. The molecule has 12 heteroatoms. The van der Waals surface area contributed by atoms with Crippen molar-refractivity contribution >= 4 is 17.8 Å². The largest absolute Gasteiger partial charge is 0.480 e. The van der Waals surface area contributed by atoms with Gasteiger partial charge in [-0.2, -0.15) is 13.2 Å². The molecule has 0 bridgehead atoms. The molecule has 0 saturated carbocycles. The van der Waals surface area contributed by atoms with E-state index in [2.05, 4.69) is 15.6 Å². The van der Waals surface area contributed by atoms with Gasteiger partial charge in [0, 0.05) is 13.0 Å². The smallest absolute Gasteiger partial charge is 0.406 e. The van der Waals surface area contributed by atoms with Crippen LogP contribution in [0, 0.1) is 5.92 Å². The number of carbonyl (C=O) groups is 3. The van der Waals surface area contributed by atoms with E-state index >= 15 is 0 Å². The van der Waals surface area contributed by atoms with E-state index in [-0.39, 0.29) is 26.1 Å². The first-order chi connectivity index (χ1) is 11.1. The molecule has 2 rings (SSSR count). The first-order valence-electron chi connectivity index (χ1n) is 6.87. The number of aliphatic carboxylic acids is 1. The number of halogens is 3. The third-order valence-electron chi connectivity index (χ3n) is 3.28. The van der Waals surface area contributed by atoms with E-state index in [1.165, 1.54) is 6.20 Å². The average Bonchev–Trinajstić information content (AvgIpc) is 3.01. The van der Waals surface area contributed by atoms with E-state index < -0.39 is 36.4 Å². The second-order valence-electron chi connectivity index (χ2n) is 5.31. The minimum atomic E-state index is -4.51. The number of aromatic nitrogens is 3. The number of rotatable bonds is 6. The lowest BCUT2D eigenvalue weighted by Crippen LogP contribution is -2.37. The zero-order chi connectivity index (χ0) is 17.9. The Morgan fingerprint density at radius 1 is 1.42 bits per heavy atom. The van der Waals surface area contributed by atoms with Crippen LogP contribution < -0.4 is 5.32 Å². The molecule has 24 heavy (non-hydrogen) atoms. The lowest BCUT2D eigenvalue weighted by atomic mass is 10.1. The summed E-state index contributed by atoms with van der Waals surface area (Å²) in [5.41, 5.74) is 0.293. The number of carboxylic acids is 1. The Morgan fingerprint density at radius 2 is 2.12 bits per heavy atom. The monoisotopic (exact) mass is 349 g/mol. The molecule has 1 fully saturated rings. The molecular formula is C12H14F3N5O4. The summed E-state index contributed by atoms with van der Waals surface area (Å²) in [5.74, 6) is -3.26. The normalized spacial score (nSPS) is 18.0. The fourth-order valence-corrected chi connectivity index (χ4v) is 2.27. The van der Waals surface area contributed by atoms with Gasteiger partial charge in [-0.25, -0.2) is 4.68 Å². The van der Waals surface area contributed by atoms with E-state index in [0.717, 1.165) is 4.68 Å². The molecule has 1 aromatic heterocycles. The molecule has 0 aromatic carbocycles. The molecule has 2 amide bonds. The maximum absolute atomic E-state index is 12.3. The van der Waals surface area contributed by atoms with Crippen molar-refractivity contribution in [2.24, 2.45) is 5.92 Å². The summed E-state index contributed by atoms with van der Waals surface area (Å²) >= 11 is 0. The third kappa shape index (κ3) is 4.93. The number of alkyl halides is 3. The van der Waals surface area contributed by atoms with Gasteiger partial charge < -0.3 is 15.3 Å². The second kappa shape index (κ2) is 6.84. The van der Waals surface area contributed by atoms with Gasteiger partial charge >= 0.3 is 12.1 Å². The zero-order valence-electron chi connectivity index (χ0n) is 12.3. The van der Waals surface area contributed by atoms with Gasteiger partial charge in [0.2, 0.25) is 11.8 Å². The van der Waals surface area contributed by atoms with E-state index in [1.807, 2.05) is 0 Å². The Hall–Kier alpha value is -2.66. The maximum atomic E-state index is 12.3. The Bertz CT molecular complexity index is 645. The van der Waals surface area contributed by atoms with Gasteiger partial charge in [0.1, 0.15) is 18.8 Å². The number of carbonyl (C=O) groups excluding carboxylic acids is 2. The molecule has 1 atom stereocenters. The van der Waals surface area contributed by atoms with Gasteiger partial charge in [-0.3, -0.25) is 14.4 Å². The van der Waals surface area contributed by atoms with Crippen molar-refractivity contribution in [2.45, 2.75) is 25.7 Å². The van der Waals surface area contributed by atoms with Crippen molar-refractivity contribution in [3.8, 4) is 0 Å². The van der Waals surface area contributed by atoms with Crippen LogP contribution in [0.15, 0.2) is 6.20 Å². The van der Waals surface area contributed by atoms with E-state index in [1.54, 1.807) is 0 Å². The number of hydrogen-bond acceptors (Lipinski definition) is 5. The van der Waals surface area contributed by atoms with Crippen LogP contribution in [0.1, 0.15) is 12.1 Å². The molecule has 0 radical (unpaired) electrons. The van der Waals surface area contributed by atoms with Crippen LogP contribution in [-0.2, 0) is 27.5 Å². The van der Waals surface area contributed by atoms with E-state index in [0.29, 0.717) is 10.6 Å². The highest BCUT2D eigenvalue weighted by molar-refractivity contribution is 5.89. The van der Waals surface area contributed by atoms with Gasteiger partial charge in [-0.1, -0.05) is 5.21 Å². The molecule has 9 nitrogen and oxygen atoms in total. The van der Waals surface area contributed by atoms with Crippen LogP contribution in [0.3, 0.4) is 0 Å². The van der Waals surface area contributed by atoms with E-state index in [4.69, 9.17) is 5.11 Å². The van der Waals surface area contributed by atoms with Crippen molar-refractivity contribution in [3.63, 3.8) is 0 Å². The molecule has 1 aliphatic heterocycles. The Morgan fingerprint density at radius 3 is 2.75 bits per heavy atom. The van der Waals surface area contributed by atoms with Crippen LogP contribution >= 0.6 is 0 Å². The lowest BCUT2D eigenvalue weighted by molar-refractivity contribution is -0.157. The Labute approximate surface area is 133 Å². The van der Waals surface area contributed by atoms with Crippen molar-refractivity contribution in [3.05, 3.63) is 11.9 Å².